The molecule has 1 aromatic heterocycles. The van der Waals surface area contributed by atoms with Gasteiger partial charge in [0.05, 0.1) is 26.9 Å². The van der Waals surface area contributed by atoms with Crippen molar-refractivity contribution >= 4 is 17.7 Å². The highest BCUT2D eigenvalue weighted by molar-refractivity contribution is 5.94. The first kappa shape index (κ1) is 21.0. The standard InChI is InChI=1S/C22H28N4O5/c1-12-7-9-26(10-8-12)22-24-20-17(21(28)25-22)14(11-16(27)23-20)13-5-6-15(29-2)19(31-4)18(13)30-3/h5-6,12,14H,7-11H2,1-4H3,(H2,23,24,25,27,28). The second-order valence-electron chi connectivity index (χ2n) is 8.05. The molecule has 3 heterocycles. The average molecular weight is 428 g/mol. The maximum Gasteiger partial charge on any atom is 0.258 e. The van der Waals surface area contributed by atoms with Crippen LogP contribution in [0.5, 0.6) is 17.2 Å². The van der Waals surface area contributed by atoms with Gasteiger partial charge in [-0.25, -0.2) is 0 Å². The zero-order valence-corrected chi connectivity index (χ0v) is 18.3. The second kappa shape index (κ2) is 8.49. The van der Waals surface area contributed by atoms with Crippen LogP contribution >= 0.6 is 0 Å². The lowest BCUT2D eigenvalue weighted by Crippen LogP contribution is -2.37. The molecule has 1 aromatic carbocycles. The van der Waals surface area contributed by atoms with Crippen molar-refractivity contribution in [2.45, 2.75) is 32.1 Å². The summed E-state index contributed by atoms with van der Waals surface area (Å²) in [6.45, 7) is 3.87. The number of carbonyl (C=O) groups excluding carboxylic acids is 1. The molecule has 0 aliphatic carbocycles. The number of aromatic amines is 1. The van der Waals surface area contributed by atoms with Crippen LogP contribution in [-0.2, 0) is 4.79 Å². The van der Waals surface area contributed by atoms with Crippen molar-refractivity contribution in [1.82, 2.24) is 9.97 Å². The summed E-state index contributed by atoms with van der Waals surface area (Å²) in [5.41, 5.74) is 0.822. The summed E-state index contributed by atoms with van der Waals surface area (Å²) < 4.78 is 16.4. The van der Waals surface area contributed by atoms with E-state index in [1.165, 1.54) is 21.3 Å². The molecular weight excluding hydrogens is 400 g/mol. The maximum atomic E-state index is 13.2. The van der Waals surface area contributed by atoms with Crippen LogP contribution in [0.2, 0.25) is 0 Å². The Labute approximate surface area is 180 Å². The highest BCUT2D eigenvalue weighted by atomic mass is 16.5. The van der Waals surface area contributed by atoms with Crippen molar-refractivity contribution in [3.63, 3.8) is 0 Å². The van der Waals surface area contributed by atoms with Gasteiger partial charge in [0.2, 0.25) is 17.6 Å². The summed E-state index contributed by atoms with van der Waals surface area (Å²) in [7, 11) is 4.58. The molecule has 2 aliphatic heterocycles. The predicted molar refractivity (Wildman–Crippen MR) is 117 cm³/mol. The molecule has 0 spiro atoms. The molecule has 0 saturated carbocycles. The number of piperidine rings is 1. The normalized spacial score (nSPS) is 18.9. The number of amides is 1. The molecule has 0 bridgehead atoms. The van der Waals surface area contributed by atoms with E-state index in [0.717, 1.165) is 25.9 Å². The Kier molecular flexibility index (Phi) is 5.75. The average Bonchev–Trinajstić information content (AvgIpc) is 2.77. The Bertz CT molecular complexity index is 1040. The van der Waals surface area contributed by atoms with E-state index in [-0.39, 0.29) is 17.9 Å². The Balaban J connectivity index is 1.80. The van der Waals surface area contributed by atoms with Crippen LogP contribution in [0.25, 0.3) is 0 Å². The molecule has 1 fully saturated rings. The molecule has 2 aliphatic rings. The van der Waals surface area contributed by atoms with Crippen molar-refractivity contribution in [3.8, 4) is 17.2 Å². The first-order valence-corrected chi connectivity index (χ1v) is 10.4. The number of hydrogen-bond acceptors (Lipinski definition) is 7. The van der Waals surface area contributed by atoms with E-state index in [9.17, 15) is 9.59 Å². The quantitative estimate of drug-likeness (QED) is 0.754. The number of carbonyl (C=O) groups is 1. The van der Waals surface area contributed by atoms with E-state index in [2.05, 4.69) is 27.1 Å². The minimum Gasteiger partial charge on any atom is -0.493 e. The van der Waals surface area contributed by atoms with Gasteiger partial charge in [-0.05, 0) is 24.8 Å². The fourth-order valence-corrected chi connectivity index (χ4v) is 4.39. The molecule has 9 nitrogen and oxygen atoms in total. The minimum atomic E-state index is -0.523. The van der Waals surface area contributed by atoms with Gasteiger partial charge in [0.25, 0.3) is 5.56 Å². The van der Waals surface area contributed by atoms with Gasteiger partial charge in [-0.3, -0.25) is 14.6 Å². The maximum absolute atomic E-state index is 13.2. The predicted octanol–water partition coefficient (Wildman–Crippen LogP) is 2.51. The number of benzene rings is 1. The molecular formula is C22H28N4O5. The van der Waals surface area contributed by atoms with E-state index >= 15 is 0 Å². The second-order valence-corrected chi connectivity index (χ2v) is 8.05. The van der Waals surface area contributed by atoms with Crippen LogP contribution in [0.4, 0.5) is 11.8 Å². The Hall–Kier alpha value is -3.23. The summed E-state index contributed by atoms with van der Waals surface area (Å²) in [5, 5.41) is 2.78. The summed E-state index contributed by atoms with van der Waals surface area (Å²) >= 11 is 0. The lowest BCUT2D eigenvalue weighted by molar-refractivity contribution is -0.116. The van der Waals surface area contributed by atoms with Gasteiger partial charge in [0, 0.05) is 31.0 Å². The number of ether oxygens (including phenoxy) is 3. The molecule has 0 radical (unpaired) electrons. The van der Waals surface area contributed by atoms with Crippen LogP contribution in [-0.4, -0.2) is 50.3 Å². The summed E-state index contributed by atoms with van der Waals surface area (Å²) in [4.78, 5) is 35.4. The molecule has 2 aromatic rings. The monoisotopic (exact) mass is 428 g/mol. The number of anilines is 2. The Morgan fingerprint density at radius 3 is 2.39 bits per heavy atom. The zero-order chi connectivity index (χ0) is 22.1. The van der Waals surface area contributed by atoms with Gasteiger partial charge in [0.1, 0.15) is 5.82 Å². The van der Waals surface area contributed by atoms with Gasteiger partial charge in [-0.2, -0.15) is 4.98 Å². The molecule has 2 N–H and O–H groups in total. The van der Waals surface area contributed by atoms with Gasteiger partial charge in [-0.1, -0.05) is 13.0 Å². The number of methoxy groups -OCH3 is 3. The largest absolute Gasteiger partial charge is 0.493 e. The van der Waals surface area contributed by atoms with Crippen molar-refractivity contribution in [3.05, 3.63) is 33.6 Å². The first-order valence-electron chi connectivity index (χ1n) is 10.4. The third kappa shape index (κ3) is 3.80. The molecule has 9 heteroatoms. The van der Waals surface area contributed by atoms with Crippen molar-refractivity contribution in [1.29, 1.82) is 0 Å². The molecule has 31 heavy (non-hydrogen) atoms. The molecule has 1 amide bonds. The topological polar surface area (TPSA) is 106 Å². The number of rotatable bonds is 5. The molecule has 1 unspecified atom stereocenters. The van der Waals surface area contributed by atoms with E-state index in [1.807, 2.05) is 0 Å². The lowest BCUT2D eigenvalue weighted by atomic mass is 9.86. The Morgan fingerprint density at radius 1 is 1.03 bits per heavy atom. The summed E-state index contributed by atoms with van der Waals surface area (Å²) in [6, 6.07) is 3.54. The molecule has 166 valence electrons. The first-order chi connectivity index (χ1) is 15.0. The van der Waals surface area contributed by atoms with Crippen molar-refractivity contribution in [2.75, 3.05) is 44.6 Å². The van der Waals surface area contributed by atoms with Crippen LogP contribution < -0.4 is 30.0 Å². The highest BCUT2D eigenvalue weighted by Gasteiger charge is 2.35. The fourth-order valence-electron chi connectivity index (χ4n) is 4.39. The van der Waals surface area contributed by atoms with Gasteiger partial charge >= 0.3 is 0 Å². The molecule has 1 saturated heterocycles. The number of fused-ring (bicyclic) bond motifs is 1. The van der Waals surface area contributed by atoms with Crippen LogP contribution in [0.15, 0.2) is 16.9 Å². The highest BCUT2D eigenvalue weighted by Crippen LogP contribution is 2.46. The van der Waals surface area contributed by atoms with Gasteiger partial charge < -0.3 is 24.4 Å². The third-order valence-corrected chi connectivity index (χ3v) is 6.13. The van der Waals surface area contributed by atoms with E-state index < -0.39 is 5.92 Å². The van der Waals surface area contributed by atoms with Gasteiger partial charge in [0.15, 0.2) is 11.5 Å². The Morgan fingerprint density at radius 2 is 1.74 bits per heavy atom. The smallest absolute Gasteiger partial charge is 0.258 e. The third-order valence-electron chi connectivity index (χ3n) is 6.13. The van der Waals surface area contributed by atoms with Crippen LogP contribution in [0.1, 0.15) is 43.2 Å². The van der Waals surface area contributed by atoms with E-state index in [4.69, 9.17) is 14.2 Å². The summed E-state index contributed by atoms with van der Waals surface area (Å²) in [6.07, 6.45) is 2.18. The molecule has 4 rings (SSSR count). The summed E-state index contributed by atoms with van der Waals surface area (Å²) in [5.74, 6) is 2.08. The zero-order valence-electron chi connectivity index (χ0n) is 18.3. The number of nitrogens with zero attached hydrogens (tertiary/aromatic N) is 2. The number of nitrogens with one attached hydrogen (secondary N) is 2. The minimum absolute atomic E-state index is 0.101. The number of aromatic nitrogens is 2. The number of hydrogen-bond donors (Lipinski definition) is 2. The van der Waals surface area contributed by atoms with Gasteiger partial charge in [-0.15, -0.1) is 0 Å². The van der Waals surface area contributed by atoms with Crippen LogP contribution in [0, 0.1) is 5.92 Å². The van der Waals surface area contributed by atoms with E-state index in [0.29, 0.717) is 46.1 Å². The van der Waals surface area contributed by atoms with Crippen molar-refractivity contribution in [2.24, 2.45) is 5.92 Å². The fraction of sp³-hybridized carbons (Fsp3) is 0.500. The van der Waals surface area contributed by atoms with Crippen LogP contribution in [0.3, 0.4) is 0 Å². The number of H-pyrrole nitrogens is 1. The molecule has 1 atom stereocenters. The van der Waals surface area contributed by atoms with Crippen molar-refractivity contribution < 1.29 is 19.0 Å². The van der Waals surface area contributed by atoms with E-state index in [1.54, 1.807) is 12.1 Å². The SMILES string of the molecule is COc1ccc(C2CC(=O)Nc3nc(N4CCC(C)CC4)[nH]c(=O)c32)c(OC)c1OC. The lowest BCUT2D eigenvalue weighted by Gasteiger charge is -2.32.